The molecule has 1 rings (SSSR count). The van der Waals surface area contributed by atoms with Crippen molar-refractivity contribution in [1.29, 1.82) is 0 Å². The van der Waals surface area contributed by atoms with Gasteiger partial charge in [0.05, 0.1) is 13.3 Å². The fourth-order valence-electron chi connectivity index (χ4n) is 0.827. The third-order valence-corrected chi connectivity index (χ3v) is 1.43. The number of halogens is 1. The predicted molar refractivity (Wildman–Crippen MR) is 50.8 cm³/mol. The number of ether oxygens (including phenoxy) is 1. The Kier molecular flexibility index (Phi) is 5.41. The van der Waals surface area contributed by atoms with E-state index in [0.717, 1.165) is 17.9 Å². The summed E-state index contributed by atoms with van der Waals surface area (Å²) in [5, 5.41) is 0. The van der Waals surface area contributed by atoms with Gasteiger partial charge < -0.3 is 10.5 Å². The Morgan fingerprint density at radius 2 is 2.25 bits per heavy atom. The molecule has 0 saturated carbocycles. The molecule has 0 unspecified atom stereocenters. The highest BCUT2D eigenvalue weighted by Crippen LogP contribution is 2.07. The monoisotopic (exact) mass is 188 g/mol. The van der Waals surface area contributed by atoms with Crippen molar-refractivity contribution in [1.82, 2.24) is 4.98 Å². The first-order chi connectivity index (χ1) is 5.36. The quantitative estimate of drug-likeness (QED) is 0.771. The summed E-state index contributed by atoms with van der Waals surface area (Å²) in [4.78, 5) is 4.13. The molecule has 68 valence electrons. The summed E-state index contributed by atoms with van der Waals surface area (Å²) in [6.45, 7) is 0.638. The molecule has 1 aromatic heterocycles. The van der Waals surface area contributed by atoms with Gasteiger partial charge in [0.1, 0.15) is 5.75 Å². The van der Waals surface area contributed by atoms with Crippen LogP contribution in [-0.4, -0.2) is 18.6 Å². The SMILES string of the molecule is COc1ccc(CCN)nc1.Cl. The molecule has 0 aromatic carbocycles. The van der Waals surface area contributed by atoms with E-state index >= 15 is 0 Å². The second-order valence-corrected chi connectivity index (χ2v) is 2.23. The molecule has 0 bridgehead atoms. The van der Waals surface area contributed by atoms with Crippen molar-refractivity contribution >= 4 is 12.4 Å². The molecule has 1 heterocycles. The maximum absolute atomic E-state index is 5.36. The largest absolute Gasteiger partial charge is 0.495 e. The van der Waals surface area contributed by atoms with Crippen LogP contribution in [0.4, 0.5) is 0 Å². The van der Waals surface area contributed by atoms with E-state index in [1.54, 1.807) is 13.3 Å². The Bertz CT molecular complexity index is 213. The van der Waals surface area contributed by atoms with Crippen LogP contribution in [0, 0.1) is 0 Å². The number of pyridine rings is 1. The maximum Gasteiger partial charge on any atom is 0.137 e. The van der Waals surface area contributed by atoms with Crippen LogP contribution in [0.1, 0.15) is 5.69 Å². The summed E-state index contributed by atoms with van der Waals surface area (Å²) in [5.74, 6) is 0.783. The topological polar surface area (TPSA) is 48.1 Å². The normalized spacial score (nSPS) is 8.83. The minimum Gasteiger partial charge on any atom is -0.495 e. The number of hydrogen-bond donors (Lipinski definition) is 1. The predicted octanol–water partition coefficient (Wildman–Crippen LogP) is 1.01. The van der Waals surface area contributed by atoms with Gasteiger partial charge in [-0.05, 0) is 18.7 Å². The van der Waals surface area contributed by atoms with Gasteiger partial charge in [0, 0.05) is 12.1 Å². The molecular weight excluding hydrogens is 176 g/mol. The number of aromatic nitrogens is 1. The van der Waals surface area contributed by atoms with Gasteiger partial charge in [-0.15, -0.1) is 12.4 Å². The van der Waals surface area contributed by atoms with Gasteiger partial charge in [-0.2, -0.15) is 0 Å². The molecule has 0 spiro atoms. The van der Waals surface area contributed by atoms with Crippen LogP contribution in [0.5, 0.6) is 5.75 Å². The minimum atomic E-state index is 0. The smallest absolute Gasteiger partial charge is 0.137 e. The minimum absolute atomic E-state index is 0. The van der Waals surface area contributed by atoms with Gasteiger partial charge in [-0.1, -0.05) is 0 Å². The lowest BCUT2D eigenvalue weighted by Gasteiger charge is -1.99. The lowest BCUT2D eigenvalue weighted by atomic mass is 10.3. The fourth-order valence-corrected chi connectivity index (χ4v) is 0.827. The summed E-state index contributed by atoms with van der Waals surface area (Å²) in [6.07, 6.45) is 2.52. The van der Waals surface area contributed by atoms with E-state index in [1.165, 1.54) is 0 Å². The Labute approximate surface area is 78.4 Å². The average molecular weight is 189 g/mol. The van der Waals surface area contributed by atoms with Crippen LogP contribution in [0.2, 0.25) is 0 Å². The molecular formula is C8H13ClN2O. The summed E-state index contributed by atoms with van der Waals surface area (Å²) in [5.41, 5.74) is 6.37. The van der Waals surface area contributed by atoms with Crippen molar-refractivity contribution in [2.75, 3.05) is 13.7 Å². The van der Waals surface area contributed by atoms with Crippen LogP contribution < -0.4 is 10.5 Å². The second kappa shape index (κ2) is 5.80. The Morgan fingerprint density at radius 3 is 2.67 bits per heavy atom. The van der Waals surface area contributed by atoms with Gasteiger partial charge in [0.15, 0.2) is 0 Å². The highest BCUT2D eigenvalue weighted by molar-refractivity contribution is 5.85. The summed E-state index contributed by atoms with van der Waals surface area (Å²) >= 11 is 0. The fraction of sp³-hybridized carbons (Fsp3) is 0.375. The number of nitrogens with zero attached hydrogens (tertiary/aromatic N) is 1. The average Bonchev–Trinajstić information content (AvgIpc) is 2.07. The number of nitrogens with two attached hydrogens (primary N) is 1. The lowest BCUT2D eigenvalue weighted by Crippen LogP contribution is -2.03. The van der Waals surface area contributed by atoms with Crippen molar-refractivity contribution in [2.24, 2.45) is 5.73 Å². The van der Waals surface area contributed by atoms with Gasteiger partial charge in [0.25, 0.3) is 0 Å². The molecule has 0 aliphatic heterocycles. The lowest BCUT2D eigenvalue weighted by molar-refractivity contribution is 0.412. The molecule has 0 aliphatic carbocycles. The van der Waals surface area contributed by atoms with Gasteiger partial charge in [-0.25, -0.2) is 0 Å². The molecule has 12 heavy (non-hydrogen) atoms. The summed E-state index contributed by atoms with van der Waals surface area (Å²) in [6, 6.07) is 3.81. The first kappa shape index (κ1) is 11.2. The highest BCUT2D eigenvalue weighted by Gasteiger charge is 1.92. The number of hydrogen-bond acceptors (Lipinski definition) is 3. The van der Waals surface area contributed by atoms with E-state index in [2.05, 4.69) is 4.98 Å². The first-order valence-corrected chi connectivity index (χ1v) is 3.56. The number of methoxy groups -OCH3 is 1. The molecule has 1 aromatic rings. The van der Waals surface area contributed by atoms with E-state index in [0.29, 0.717) is 6.54 Å². The molecule has 0 aliphatic rings. The molecule has 0 fully saturated rings. The van der Waals surface area contributed by atoms with Crippen molar-refractivity contribution in [3.63, 3.8) is 0 Å². The Hall–Kier alpha value is -0.800. The van der Waals surface area contributed by atoms with Crippen molar-refractivity contribution in [2.45, 2.75) is 6.42 Å². The number of rotatable bonds is 3. The molecule has 0 radical (unpaired) electrons. The summed E-state index contributed by atoms with van der Waals surface area (Å²) < 4.78 is 4.95. The summed E-state index contributed by atoms with van der Waals surface area (Å²) in [7, 11) is 1.62. The molecule has 0 saturated heterocycles. The molecule has 0 atom stereocenters. The third-order valence-electron chi connectivity index (χ3n) is 1.43. The molecule has 3 nitrogen and oxygen atoms in total. The van der Waals surface area contributed by atoms with Crippen LogP contribution >= 0.6 is 12.4 Å². The van der Waals surface area contributed by atoms with Crippen molar-refractivity contribution in [3.8, 4) is 5.75 Å². The van der Waals surface area contributed by atoms with Crippen molar-refractivity contribution < 1.29 is 4.74 Å². The van der Waals surface area contributed by atoms with E-state index in [-0.39, 0.29) is 12.4 Å². The zero-order valence-corrected chi connectivity index (χ0v) is 7.80. The Balaban J connectivity index is 0.00000121. The first-order valence-electron chi connectivity index (χ1n) is 3.56. The van der Waals surface area contributed by atoms with Crippen LogP contribution in [0.15, 0.2) is 18.3 Å². The maximum atomic E-state index is 5.36. The zero-order chi connectivity index (χ0) is 8.10. The van der Waals surface area contributed by atoms with Crippen LogP contribution in [-0.2, 0) is 6.42 Å². The standard InChI is InChI=1S/C8H12N2O.ClH/c1-11-8-3-2-7(4-5-9)10-6-8;/h2-3,6H,4-5,9H2,1H3;1H. The van der Waals surface area contributed by atoms with E-state index in [1.807, 2.05) is 12.1 Å². The van der Waals surface area contributed by atoms with Crippen LogP contribution in [0.25, 0.3) is 0 Å². The van der Waals surface area contributed by atoms with Gasteiger partial charge in [-0.3, -0.25) is 4.98 Å². The molecule has 2 N–H and O–H groups in total. The molecule has 0 amide bonds. The van der Waals surface area contributed by atoms with Gasteiger partial charge >= 0.3 is 0 Å². The van der Waals surface area contributed by atoms with Crippen LogP contribution in [0.3, 0.4) is 0 Å². The third kappa shape index (κ3) is 3.07. The second-order valence-electron chi connectivity index (χ2n) is 2.23. The highest BCUT2D eigenvalue weighted by atomic mass is 35.5. The van der Waals surface area contributed by atoms with E-state index < -0.39 is 0 Å². The Morgan fingerprint density at radius 1 is 1.50 bits per heavy atom. The zero-order valence-electron chi connectivity index (χ0n) is 6.99. The van der Waals surface area contributed by atoms with Gasteiger partial charge in [0.2, 0.25) is 0 Å². The van der Waals surface area contributed by atoms with E-state index in [9.17, 15) is 0 Å². The van der Waals surface area contributed by atoms with E-state index in [4.69, 9.17) is 10.5 Å². The molecule has 4 heteroatoms. The van der Waals surface area contributed by atoms with Crippen molar-refractivity contribution in [3.05, 3.63) is 24.0 Å².